The van der Waals surface area contributed by atoms with Crippen molar-refractivity contribution < 1.29 is 28.6 Å². The number of unbranched alkanes of at least 4 members (excludes halogenated alkanes) is 46. The van der Waals surface area contributed by atoms with Crippen LogP contribution in [0.5, 0.6) is 0 Å². The molecular formula is C73H134O6. The molecule has 0 aromatic rings. The molecule has 0 radical (unpaired) electrons. The fourth-order valence-electron chi connectivity index (χ4n) is 10.5. The smallest absolute Gasteiger partial charge is 0.306 e. The fourth-order valence-corrected chi connectivity index (χ4v) is 10.5. The minimum atomic E-state index is -0.780. The van der Waals surface area contributed by atoms with Crippen LogP contribution in [-0.2, 0) is 28.6 Å². The molecule has 462 valence electrons. The van der Waals surface area contributed by atoms with Gasteiger partial charge in [-0.05, 0) is 83.5 Å². The molecule has 0 spiro atoms. The normalized spacial score (nSPS) is 12.3. The van der Waals surface area contributed by atoms with Gasteiger partial charge in [-0.15, -0.1) is 0 Å². The SMILES string of the molecule is CCCCCCC/C=C\C/C=C\C/C=C\CCCCCCCCCCC(=O)OC(COC(=O)CCCCCCC/C=C\CCCCCCC)COC(=O)CCCCCCCCCCCCCCCCCCCCCCCCCC. The van der Waals surface area contributed by atoms with Gasteiger partial charge < -0.3 is 14.2 Å². The lowest BCUT2D eigenvalue weighted by Gasteiger charge is -2.18. The van der Waals surface area contributed by atoms with Crippen molar-refractivity contribution in [2.45, 2.75) is 386 Å². The lowest BCUT2D eigenvalue weighted by molar-refractivity contribution is -0.167. The first-order valence-electron chi connectivity index (χ1n) is 35.1. The molecule has 6 heteroatoms. The van der Waals surface area contributed by atoms with Crippen LogP contribution in [0.1, 0.15) is 380 Å². The zero-order chi connectivity index (χ0) is 57.1. The third-order valence-electron chi connectivity index (χ3n) is 15.8. The summed E-state index contributed by atoms with van der Waals surface area (Å²) in [5.41, 5.74) is 0. The summed E-state index contributed by atoms with van der Waals surface area (Å²) in [5, 5.41) is 0. The van der Waals surface area contributed by atoms with Gasteiger partial charge in [-0.2, -0.15) is 0 Å². The lowest BCUT2D eigenvalue weighted by Crippen LogP contribution is -2.30. The zero-order valence-corrected chi connectivity index (χ0v) is 53.2. The third-order valence-corrected chi connectivity index (χ3v) is 15.8. The molecule has 0 aliphatic carbocycles. The van der Waals surface area contributed by atoms with Gasteiger partial charge in [0.1, 0.15) is 13.2 Å². The van der Waals surface area contributed by atoms with E-state index >= 15 is 0 Å². The Morgan fingerprint density at radius 1 is 0.253 bits per heavy atom. The molecule has 0 saturated heterocycles. The molecule has 1 unspecified atom stereocenters. The van der Waals surface area contributed by atoms with Crippen molar-refractivity contribution in [3.8, 4) is 0 Å². The Hall–Kier alpha value is -2.63. The van der Waals surface area contributed by atoms with Crippen LogP contribution in [-0.4, -0.2) is 37.2 Å². The third kappa shape index (κ3) is 66.1. The van der Waals surface area contributed by atoms with Gasteiger partial charge >= 0.3 is 17.9 Å². The van der Waals surface area contributed by atoms with Crippen molar-refractivity contribution in [2.24, 2.45) is 0 Å². The average molecular weight is 1110 g/mol. The molecule has 0 rings (SSSR count). The first-order chi connectivity index (χ1) is 39.0. The highest BCUT2D eigenvalue weighted by atomic mass is 16.6. The van der Waals surface area contributed by atoms with Crippen LogP contribution >= 0.6 is 0 Å². The molecule has 0 bridgehead atoms. The molecule has 0 amide bonds. The van der Waals surface area contributed by atoms with Crippen molar-refractivity contribution >= 4 is 17.9 Å². The van der Waals surface area contributed by atoms with Crippen molar-refractivity contribution in [1.29, 1.82) is 0 Å². The molecule has 0 aliphatic heterocycles. The van der Waals surface area contributed by atoms with Crippen molar-refractivity contribution in [2.75, 3.05) is 13.2 Å². The van der Waals surface area contributed by atoms with E-state index < -0.39 is 6.10 Å². The van der Waals surface area contributed by atoms with E-state index in [9.17, 15) is 14.4 Å². The van der Waals surface area contributed by atoms with Gasteiger partial charge in [-0.1, -0.05) is 326 Å². The van der Waals surface area contributed by atoms with Gasteiger partial charge in [-0.25, -0.2) is 0 Å². The topological polar surface area (TPSA) is 78.9 Å². The molecule has 0 aromatic carbocycles. The predicted molar refractivity (Wildman–Crippen MR) is 344 cm³/mol. The van der Waals surface area contributed by atoms with E-state index in [1.165, 1.54) is 257 Å². The number of hydrogen-bond donors (Lipinski definition) is 0. The summed E-state index contributed by atoms with van der Waals surface area (Å²) < 4.78 is 17.0. The molecular weight excluding hydrogens is 973 g/mol. The van der Waals surface area contributed by atoms with Gasteiger partial charge in [0, 0.05) is 19.3 Å². The van der Waals surface area contributed by atoms with Crippen LogP contribution in [0, 0.1) is 0 Å². The minimum Gasteiger partial charge on any atom is -0.462 e. The second kappa shape index (κ2) is 67.9. The number of carbonyl (C=O) groups excluding carboxylic acids is 3. The van der Waals surface area contributed by atoms with Crippen LogP contribution in [0.4, 0.5) is 0 Å². The Balaban J connectivity index is 4.29. The van der Waals surface area contributed by atoms with E-state index in [1.54, 1.807) is 0 Å². The van der Waals surface area contributed by atoms with E-state index in [0.717, 1.165) is 83.5 Å². The van der Waals surface area contributed by atoms with E-state index in [4.69, 9.17) is 14.2 Å². The van der Waals surface area contributed by atoms with E-state index in [2.05, 4.69) is 69.4 Å². The van der Waals surface area contributed by atoms with E-state index in [1.807, 2.05) is 0 Å². The molecule has 0 aromatic heterocycles. The summed E-state index contributed by atoms with van der Waals surface area (Å²) in [6, 6.07) is 0. The Labute approximate surface area is 492 Å². The average Bonchev–Trinajstić information content (AvgIpc) is 3.45. The predicted octanol–water partition coefficient (Wildman–Crippen LogP) is 24.1. The van der Waals surface area contributed by atoms with E-state index in [0.29, 0.717) is 19.3 Å². The number of ether oxygens (including phenoxy) is 3. The van der Waals surface area contributed by atoms with Gasteiger partial charge in [0.05, 0.1) is 0 Å². The molecule has 1 atom stereocenters. The van der Waals surface area contributed by atoms with Crippen LogP contribution in [0.2, 0.25) is 0 Å². The highest BCUT2D eigenvalue weighted by Gasteiger charge is 2.19. The maximum absolute atomic E-state index is 12.9. The number of rotatable bonds is 65. The van der Waals surface area contributed by atoms with Crippen LogP contribution in [0.3, 0.4) is 0 Å². The molecule has 6 nitrogen and oxygen atoms in total. The first-order valence-corrected chi connectivity index (χ1v) is 35.1. The Morgan fingerprint density at radius 3 is 0.722 bits per heavy atom. The Kier molecular flexibility index (Phi) is 65.6. The molecule has 0 N–H and O–H groups in total. The maximum Gasteiger partial charge on any atom is 0.306 e. The van der Waals surface area contributed by atoms with Crippen LogP contribution in [0.25, 0.3) is 0 Å². The van der Waals surface area contributed by atoms with Gasteiger partial charge in [0.2, 0.25) is 0 Å². The monoisotopic (exact) mass is 1110 g/mol. The summed E-state index contributed by atoms with van der Waals surface area (Å²) in [6.07, 6.45) is 85.6. The van der Waals surface area contributed by atoms with Gasteiger partial charge in [0.15, 0.2) is 6.10 Å². The second-order valence-corrected chi connectivity index (χ2v) is 23.8. The molecule has 0 aliphatic rings. The Morgan fingerprint density at radius 2 is 0.456 bits per heavy atom. The standard InChI is InChI=1S/C73H134O6/c1-4-7-10-13-16-19-22-25-28-30-32-34-36-38-39-41-43-45-48-51-54-57-60-63-66-72(75)78-69-70(68-77-71(74)65-62-59-56-53-50-47-27-24-21-18-15-12-9-6-3)79-73(76)67-64-61-58-55-52-49-46-44-42-40-37-35-33-31-29-26-23-20-17-14-11-8-5-2/h23-24,26-27,31,33,37,40,70H,4-22,25,28-30,32,34-36,38-39,41-69H2,1-3H3/b26-23-,27-24-,33-31-,40-37-. The summed E-state index contributed by atoms with van der Waals surface area (Å²) in [5.74, 6) is -0.866. The summed E-state index contributed by atoms with van der Waals surface area (Å²) >= 11 is 0. The van der Waals surface area contributed by atoms with Crippen molar-refractivity contribution in [3.63, 3.8) is 0 Å². The van der Waals surface area contributed by atoms with Crippen molar-refractivity contribution in [3.05, 3.63) is 48.6 Å². The number of carbonyl (C=O) groups is 3. The quantitative estimate of drug-likeness (QED) is 0.0261. The molecule has 0 saturated carbocycles. The lowest BCUT2D eigenvalue weighted by atomic mass is 10.0. The fraction of sp³-hybridized carbons (Fsp3) is 0.849. The molecule has 0 heterocycles. The second-order valence-electron chi connectivity index (χ2n) is 23.8. The van der Waals surface area contributed by atoms with Crippen LogP contribution < -0.4 is 0 Å². The summed E-state index contributed by atoms with van der Waals surface area (Å²) in [4.78, 5) is 38.4. The Bertz CT molecular complexity index is 1360. The molecule has 79 heavy (non-hydrogen) atoms. The highest BCUT2D eigenvalue weighted by molar-refractivity contribution is 5.71. The minimum absolute atomic E-state index is 0.0748. The van der Waals surface area contributed by atoms with Crippen LogP contribution in [0.15, 0.2) is 48.6 Å². The largest absolute Gasteiger partial charge is 0.462 e. The number of hydrogen-bond acceptors (Lipinski definition) is 6. The number of allylic oxidation sites excluding steroid dienone is 8. The summed E-state index contributed by atoms with van der Waals surface area (Å²) in [6.45, 7) is 6.67. The molecule has 0 fully saturated rings. The van der Waals surface area contributed by atoms with Gasteiger partial charge in [0.25, 0.3) is 0 Å². The van der Waals surface area contributed by atoms with Crippen molar-refractivity contribution in [1.82, 2.24) is 0 Å². The number of esters is 3. The summed E-state index contributed by atoms with van der Waals surface area (Å²) in [7, 11) is 0. The first kappa shape index (κ1) is 76.4. The zero-order valence-electron chi connectivity index (χ0n) is 53.2. The van der Waals surface area contributed by atoms with Gasteiger partial charge in [-0.3, -0.25) is 14.4 Å². The highest BCUT2D eigenvalue weighted by Crippen LogP contribution is 2.18. The van der Waals surface area contributed by atoms with E-state index in [-0.39, 0.29) is 31.1 Å². The maximum atomic E-state index is 12.9.